The van der Waals surface area contributed by atoms with Crippen LogP contribution in [0.15, 0.2) is 42.5 Å². The van der Waals surface area contributed by atoms with E-state index in [1.165, 1.54) is 6.07 Å². The van der Waals surface area contributed by atoms with Gasteiger partial charge in [0.05, 0.1) is 4.92 Å². The van der Waals surface area contributed by atoms with E-state index in [0.29, 0.717) is 29.6 Å². The first kappa shape index (κ1) is 15.7. The maximum Gasteiger partial charge on any atom is 0.292 e. The molecular formula is C16H16N2O4. The second kappa shape index (κ2) is 7.33. The summed E-state index contributed by atoms with van der Waals surface area (Å²) in [4.78, 5) is 21.2. The molecule has 0 aliphatic rings. The third-order valence-corrected chi connectivity index (χ3v) is 3.21. The second-order valence-electron chi connectivity index (χ2n) is 4.77. The number of carbonyl (C=O) groups is 1. The summed E-state index contributed by atoms with van der Waals surface area (Å²) in [6, 6.07) is 12.0. The highest BCUT2D eigenvalue weighted by atomic mass is 16.6. The summed E-state index contributed by atoms with van der Waals surface area (Å²) in [5, 5.41) is 23.0. The van der Waals surface area contributed by atoms with E-state index in [9.17, 15) is 14.9 Å². The number of nitro benzene ring substituents is 1. The van der Waals surface area contributed by atoms with Crippen molar-refractivity contribution >= 4 is 23.3 Å². The molecule has 0 bridgehead atoms. The fourth-order valence-electron chi connectivity index (χ4n) is 2.10. The minimum absolute atomic E-state index is 0.0706. The molecule has 2 rings (SSSR count). The third-order valence-electron chi connectivity index (χ3n) is 3.21. The summed E-state index contributed by atoms with van der Waals surface area (Å²) in [5.74, 6) is 0. The largest absolute Gasteiger partial charge is 0.396 e. The minimum atomic E-state index is -0.475. The van der Waals surface area contributed by atoms with Gasteiger partial charge in [0, 0.05) is 24.8 Å². The normalized spacial score (nSPS) is 10.2. The Bertz CT molecular complexity index is 668. The van der Waals surface area contributed by atoms with E-state index in [4.69, 9.17) is 5.11 Å². The van der Waals surface area contributed by atoms with Crippen LogP contribution in [0.1, 0.15) is 11.1 Å². The molecule has 114 valence electrons. The lowest BCUT2D eigenvalue weighted by molar-refractivity contribution is -0.384. The molecule has 0 radical (unpaired) electrons. The summed E-state index contributed by atoms with van der Waals surface area (Å²) in [6.07, 6.45) is 1.43. The summed E-state index contributed by atoms with van der Waals surface area (Å²) in [6.45, 7) is 0.0798. The molecule has 0 spiro atoms. The van der Waals surface area contributed by atoms with Crippen molar-refractivity contribution in [2.75, 3.05) is 11.9 Å². The lowest BCUT2D eigenvalue weighted by Crippen LogP contribution is -1.99. The van der Waals surface area contributed by atoms with Gasteiger partial charge in [-0.2, -0.15) is 0 Å². The van der Waals surface area contributed by atoms with Gasteiger partial charge < -0.3 is 15.2 Å². The Labute approximate surface area is 127 Å². The number of carbonyl (C=O) groups excluding carboxylic acids is 1. The molecule has 2 aromatic carbocycles. The van der Waals surface area contributed by atoms with Crippen LogP contribution < -0.4 is 5.32 Å². The average Bonchev–Trinajstić information content (AvgIpc) is 2.51. The smallest absolute Gasteiger partial charge is 0.292 e. The van der Waals surface area contributed by atoms with Crippen molar-refractivity contribution in [1.29, 1.82) is 0 Å². The fourth-order valence-corrected chi connectivity index (χ4v) is 2.10. The van der Waals surface area contributed by atoms with Crippen molar-refractivity contribution < 1.29 is 14.8 Å². The maximum absolute atomic E-state index is 11.2. The Morgan fingerprint density at radius 3 is 2.41 bits per heavy atom. The van der Waals surface area contributed by atoms with Crippen LogP contribution in [0.25, 0.3) is 0 Å². The second-order valence-corrected chi connectivity index (χ2v) is 4.77. The molecule has 2 aromatic rings. The van der Waals surface area contributed by atoms with Crippen LogP contribution in [-0.4, -0.2) is 22.9 Å². The highest BCUT2D eigenvalue weighted by Crippen LogP contribution is 2.28. The van der Waals surface area contributed by atoms with E-state index in [0.717, 1.165) is 5.56 Å². The molecule has 0 unspecified atom stereocenters. The van der Waals surface area contributed by atoms with Gasteiger partial charge in [-0.05, 0) is 35.7 Å². The van der Waals surface area contributed by atoms with Gasteiger partial charge in [0.1, 0.15) is 12.0 Å². The summed E-state index contributed by atoms with van der Waals surface area (Å²) in [5.41, 5.74) is 2.61. The molecule has 0 aliphatic heterocycles. The van der Waals surface area contributed by atoms with E-state index in [2.05, 4.69) is 5.32 Å². The SMILES string of the molecule is O=CCc1ccc(Nc2ccc(CCO)cc2)c([N+](=O)[O-])c1. The summed E-state index contributed by atoms with van der Waals surface area (Å²) >= 11 is 0. The van der Waals surface area contributed by atoms with Crippen LogP contribution in [0.5, 0.6) is 0 Å². The van der Waals surface area contributed by atoms with Crippen LogP contribution in [0, 0.1) is 10.1 Å². The fraction of sp³-hybridized carbons (Fsp3) is 0.188. The number of nitrogens with zero attached hydrogens (tertiary/aromatic N) is 1. The number of aliphatic hydroxyl groups is 1. The molecule has 6 nitrogen and oxygen atoms in total. The standard InChI is InChI=1S/C16H16N2O4/c19-9-7-12-1-4-14(5-2-12)17-15-6-3-13(8-10-20)11-16(15)18(21)22/h1-6,10-11,17,19H,7-9H2. The molecule has 0 aliphatic carbocycles. The zero-order valence-electron chi connectivity index (χ0n) is 11.9. The maximum atomic E-state index is 11.2. The van der Waals surface area contributed by atoms with Crippen LogP contribution in [0.4, 0.5) is 17.1 Å². The van der Waals surface area contributed by atoms with Gasteiger partial charge in [-0.3, -0.25) is 10.1 Å². The average molecular weight is 300 g/mol. The highest BCUT2D eigenvalue weighted by Gasteiger charge is 2.14. The topological polar surface area (TPSA) is 92.5 Å². The Balaban J connectivity index is 2.24. The van der Waals surface area contributed by atoms with Crippen molar-refractivity contribution in [3.63, 3.8) is 0 Å². The van der Waals surface area contributed by atoms with E-state index in [1.54, 1.807) is 24.3 Å². The number of nitrogens with one attached hydrogen (secondary N) is 1. The van der Waals surface area contributed by atoms with Crippen LogP contribution in [-0.2, 0) is 17.6 Å². The van der Waals surface area contributed by atoms with Crippen molar-refractivity contribution in [2.24, 2.45) is 0 Å². The van der Waals surface area contributed by atoms with Crippen molar-refractivity contribution in [3.05, 3.63) is 63.7 Å². The number of aliphatic hydroxyl groups excluding tert-OH is 1. The van der Waals surface area contributed by atoms with Gasteiger partial charge in [-0.25, -0.2) is 0 Å². The lowest BCUT2D eigenvalue weighted by Gasteiger charge is -2.09. The molecule has 0 amide bonds. The summed E-state index contributed by atoms with van der Waals surface area (Å²) in [7, 11) is 0. The first-order valence-electron chi connectivity index (χ1n) is 6.82. The molecular weight excluding hydrogens is 284 g/mol. The van der Waals surface area contributed by atoms with E-state index >= 15 is 0 Å². The summed E-state index contributed by atoms with van der Waals surface area (Å²) < 4.78 is 0. The Morgan fingerprint density at radius 2 is 1.82 bits per heavy atom. The number of aldehydes is 1. The number of hydrogen-bond acceptors (Lipinski definition) is 5. The van der Waals surface area contributed by atoms with Gasteiger partial charge in [0.2, 0.25) is 0 Å². The first-order valence-corrected chi connectivity index (χ1v) is 6.82. The van der Waals surface area contributed by atoms with Crippen LogP contribution in [0.2, 0.25) is 0 Å². The Hall–Kier alpha value is -2.73. The van der Waals surface area contributed by atoms with E-state index in [1.807, 2.05) is 12.1 Å². The molecule has 0 aromatic heterocycles. The molecule has 0 heterocycles. The van der Waals surface area contributed by atoms with Crippen molar-refractivity contribution in [1.82, 2.24) is 0 Å². The quantitative estimate of drug-likeness (QED) is 0.466. The van der Waals surface area contributed by atoms with Crippen LogP contribution in [0.3, 0.4) is 0 Å². The van der Waals surface area contributed by atoms with Crippen molar-refractivity contribution in [3.8, 4) is 0 Å². The van der Waals surface area contributed by atoms with Gasteiger partial charge in [0.25, 0.3) is 5.69 Å². The number of anilines is 2. The Kier molecular flexibility index (Phi) is 5.21. The number of nitro groups is 1. The molecule has 0 saturated heterocycles. The molecule has 0 saturated carbocycles. The molecule has 2 N–H and O–H groups in total. The van der Waals surface area contributed by atoms with Gasteiger partial charge in [0.15, 0.2) is 0 Å². The van der Waals surface area contributed by atoms with E-state index < -0.39 is 4.92 Å². The number of hydrogen-bond donors (Lipinski definition) is 2. The molecule has 22 heavy (non-hydrogen) atoms. The monoisotopic (exact) mass is 300 g/mol. The predicted octanol–water partition coefficient (Wildman–Crippen LogP) is 2.61. The van der Waals surface area contributed by atoms with Gasteiger partial charge >= 0.3 is 0 Å². The van der Waals surface area contributed by atoms with Gasteiger partial charge in [-0.1, -0.05) is 18.2 Å². The van der Waals surface area contributed by atoms with E-state index in [-0.39, 0.29) is 18.7 Å². The third kappa shape index (κ3) is 3.89. The molecule has 0 atom stereocenters. The predicted molar refractivity (Wildman–Crippen MR) is 83.4 cm³/mol. The minimum Gasteiger partial charge on any atom is -0.396 e. The molecule has 6 heteroatoms. The van der Waals surface area contributed by atoms with Gasteiger partial charge in [-0.15, -0.1) is 0 Å². The zero-order valence-corrected chi connectivity index (χ0v) is 11.9. The highest BCUT2D eigenvalue weighted by molar-refractivity contribution is 5.71. The number of benzene rings is 2. The Morgan fingerprint density at radius 1 is 1.14 bits per heavy atom. The van der Waals surface area contributed by atoms with Crippen molar-refractivity contribution in [2.45, 2.75) is 12.8 Å². The lowest BCUT2D eigenvalue weighted by atomic mass is 10.1. The zero-order chi connectivity index (χ0) is 15.9. The van der Waals surface area contributed by atoms with Crippen LogP contribution >= 0.6 is 0 Å². The number of rotatable bonds is 7. The molecule has 0 fully saturated rings. The first-order chi connectivity index (χ1) is 10.6.